The Morgan fingerprint density at radius 1 is 1.50 bits per heavy atom. The topological polar surface area (TPSA) is 48.6 Å². The second kappa shape index (κ2) is 3.82. The van der Waals surface area contributed by atoms with Crippen LogP contribution in [0.15, 0.2) is 10.9 Å². The fourth-order valence-electron chi connectivity index (χ4n) is 0.591. The summed E-state index contributed by atoms with van der Waals surface area (Å²) >= 11 is 4.68. The largest absolute Gasteiger partial charge is 0.336 e. The van der Waals surface area contributed by atoms with Crippen LogP contribution in [-0.4, -0.2) is 9.97 Å². The minimum Gasteiger partial charge on any atom is -0.336 e. The Labute approximate surface area is 76.5 Å². The minimum absolute atomic E-state index is 0. The van der Waals surface area contributed by atoms with Gasteiger partial charge in [0.05, 0.1) is 0 Å². The van der Waals surface area contributed by atoms with E-state index in [9.17, 15) is 4.79 Å². The van der Waals surface area contributed by atoms with Gasteiger partial charge in [0.1, 0.15) is 0 Å². The average molecular weight is 249 g/mol. The molecule has 0 atom stereocenters. The van der Waals surface area contributed by atoms with E-state index in [2.05, 4.69) is 22.2 Å². The number of aryl methyl sites for hydroxylation is 1. The van der Waals surface area contributed by atoms with E-state index in [0.717, 1.165) is 5.69 Å². The zero-order chi connectivity index (χ0) is 6.85. The molecule has 10 heavy (non-hydrogen) atoms. The van der Waals surface area contributed by atoms with Gasteiger partial charge in [-0.2, -0.15) is 0 Å². The Hall–Kier alpha value is -0.238. The van der Waals surface area contributed by atoms with Gasteiger partial charge in [-0.25, -0.2) is 0 Å². The Balaban J connectivity index is 0.000000810. The maximum atomic E-state index is 10.6. The zero-order valence-corrected chi connectivity index (χ0v) is 7.58. The first-order valence-electron chi connectivity index (χ1n) is 2.49. The van der Waals surface area contributed by atoms with Crippen molar-refractivity contribution in [2.45, 2.75) is 6.92 Å². The van der Waals surface area contributed by atoms with Crippen LogP contribution in [0.3, 0.4) is 0 Å². The van der Waals surface area contributed by atoms with Crippen LogP contribution in [-0.2, 0) is 20.4 Å². The molecule has 0 spiro atoms. The number of H-pyrrole nitrogens is 2. The van der Waals surface area contributed by atoms with E-state index in [-0.39, 0.29) is 26.0 Å². The molecule has 2 N–H and O–H groups in total. The first-order valence-corrected chi connectivity index (χ1v) is 2.89. The average Bonchev–Trinajstić information content (AvgIpc) is 1.59. The van der Waals surface area contributed by atoms with Crippen molar-refractivity contribution in [1.29, 1.82) is 0 Å². The number of rotatable bonds is 0. The fourth-order valence-corrected chi connectivity index (χ4v) is 0.853. The fraction of sp³-hybridized carbons (Fsp3) is 0.200. The summed E-state index contributed by atoms with van der Waals surface area (Å²) in [5, 5.41) is 0. The molecule has 0 fully saturated rings. The number of hydrogen-bond acceptors (Lipinski definition) is 2. The van der Waals surface area contributed by atoms with Gasteiger partial charge < -0.3 is 4.98 Å². The third-order valence-electron chi connectivity index (χ3n) is 0.895. The van der Waals surface area contributed by atoms with Crippen molar-refractivity contribution in [2.24, 2.45) is 0 Å². The second-order valence-electron chi connectivity index (χ2n) is 1.77. The first-order chi connectivity index (χ1) is 4.18. The third-order valence-corrected chi connectivity index (χ3v) is 1.10. The minimum atomic E-state index is -0.156. The Kier molecular flexibility index (Phi) is 3.73. The third kappa shape index (κ3) is 2.57. The summed E-state index contributed by atoms with van der Waals surface area (Å²) in [6.45, 7) is 1.78. The van der Waals surface area contributed by atoms with E-state index in [4.69, 9.17) is 0 Å². The molecule has 0 aliphatic heterocycles. The molecule has 1 aromatic heterocycles. The molecule has 1 rings (SSSR count). The van der Waals surface area contributed by atoms with E-state index in [1.165, 1.54) is 6.07 Å². The molecular formula is C5H6N2OPdS. The van der Waals surface area contributed by atoms with E-state index < -0.39 is 0 Å². The standard InChI is InChI=1S/C5H6N2OS.Pd/c1-3-2-4(8)7-5(9)6-3;/h2H,1H3,(H2,6,7,8,9);. The summed E-state index contributed by atoms with van der Waals surface area (Å²) < 4.78 is 0.375. The molecule has 0 saturated heterocycles. The van der Waals surface area contributed by atoms with Crippen molar-refractivity contribution in [1.82, 2.24) is 9.97 Å². The summed E-state index contributed by atoms with van der Waals surface area (Å²) in [6.07, 6.45) is 0. The number of nitrogens with one attached hydrogen (secondary N) is 2. The summed E-state index contributed by atoms with van der Waals surface area (Å²) in [7, 11) is 0. The van der Waals surface area contributed by atoms with Crippen LogP contribution in [0, 0.1) is 11.7 Å². The normalized spacial score (nSPS) is 8.50. The van der Waals surface area contributed by atoms with E-state index in [1.54, 1.807) is 6.92 Å². The quantitative estimate of drug-likeness (QED) is 0.526. The van der Waals surface area contributed by atoms with E-state index >= 15 is 0 Å². The van der Waals surface area contributed by atoms with Gasteiger partial charge in [0.2, 0.25) is 0 Å². The van der Waals surface area contributed by atoms with Crippen LogP contribution < -0.4 is 5.56 Å². The van der Waals surface area contributed by atoms with Crippen molar-refractivity contribution in [3.05, 3.63) is 26.9 Å². The molecule has 58 valence electrons. The van der Waals surface area contributed by atoms with Crippen LogP contribution in [0.2, 0.25) is 0 Å². The summed E-state index contributed by atoms with van der Waals surface area (Å²) in [4.78, 5) is 15.8. The molecule has 0 aliphatic rings. The van der Waals surface area contributed by atoms with Crippen LogP contribution in [0.4, 0.5) is 0 Å². The zero-order valence-electron chi connectivity index (χ0n) is 5.21. The van der Waals surface area contributed by atoms with Gasteiger partial charge in [0, 0.05) is 32.2 Å². The molecule has 0 unspecified atom stereocenters. The van der Waals surface area contributed by atoms with Crippen molar-refractivity contribution in [3.63, 3.8) is 0 Å². The second-order valence-corrected chi connectivity index (χ2v) is 2.18. The number of aromatic nitrogens is 2. The van der Waals surface area contributed by atoms with Gasteiger partial charge >= 0.3 is 0 Å². The molecule has 5 heteroatoms. The molecule has 0 amide bonds. The molecule has 3 nitrogen and oxygen atoms in total. The van der Waals surface area contributed by atoms with Crippen LogP contribution >= 0.6 is 12.2 Å². The smallest absolute Gasteiger partial charge is 0.251 e. The molecule has 0 aromatic carbocycles. The molecule has 0 radical (unpaired) electrons. The summed E-state index contributed by atoms with van der Waals surface area (Å²) in [5.41, 5.74) is 0.625. The Bertz CT molecular complexity index is 288. The summed E-state index contributed by atoms with van der Waals surface area (Å²) in [6, 6.07) is 1.45. The molecule has 0 aliphatic carbocycles. The number of aromatic amines is 2. The maximum absolute atomic E-state index is 10.6. The molecular weight excluding hydrogens is 243 g/mol. The van der Waals surface area contributed by atoms with Crippen molar-refractivity contribution >= 4 is 12.2 Å². The van der Waals surface area contributed by atoms with Crippen LogP contribution in [0.1, 0.15) is 5.69 Å². The van der Waals surface area contributed by atoms with E-state index in [1.807, 2.05) is 0 Å². The van der Waals surface area contributed by atoms with Crippen molar-refractivity contribution < 1.29 is 20.4 Å². The van der Waals surface area contributed by atoms with Gasteiger partial charge in [0.25, 0.3) is 5.56 Å². The maximum Gasteiger partial charge on any atom is 0.251 e. The Morgan fingerprint density at radius 3 is 2.50 bits per heavy atom. The van der Waals surface area contributed by atoms with Gasteiger partial charge in [-0.15, -0.1) is 0 Å². The summed E-state index contributed by atoms with van der Waals surface area (Å²) in [5.74, 6) is 0. The van der Waals surface area contributed by atoms with Gasteiger partial charge in [-0.05, 0) is 19.1 Å². The monoisotopic (exact) mass is 248 g/mol. The van der Waals surface area contributed by atoms with Crippen LogP contribution in [0.5, 0.6) is 0 Å². The predicted molar refractivity (Wildman–Crippen MR) is 37.0 cm³/mol. The van der Waals surface area contributed by atoms with Gasteiger partial charge in [-0.3, -0.25) is 9.78 Å². The Morgan fingerprint density at radius 2 is 2.10 bits per heavy atom. The predicted octanol–water partition coefficient (Wildman–Crippen LogP) is 0.738. The number of hydrogen-bond donors (Lipinski definition) is 2. The van der Waals surface area contributed by atoms with E-state index in [0.29, 0.717) is 4.77 Å². The van der Waals surface area contributed by atoms with Crippen molar-refractivity contribution in [3.8, 4) is 0 Å². The SMILES string of the molecule is Cc1cc(=O)[nH]c(=S)[nH]1.[Pd]. The first kappa shape index (κ1) is 9.76. The molecule has 0 saturated carbocycles. The molecule has 1 aromatic rings. The molecule has 0 bridgehead atoms. The molecule has 1 heterocycles. The van der Waals surface area contributed by atoms with Gasteiger partial charge in [0.15, 0.2) is 4.77 Å². The van der Waals surface area contributed by atoms with Crippen LogP contribution in [0.25, 0.3) is 0 Å². The van der Waals surface area contributed by atoms with Crippen molar-refractivity contribution in [2.75, 3.05) is 0 Å². The van der Waals surface area contributed by atoms with Gasteiger partial charge in [-0.1, -0.05) is 0 Å².